The zero-order valence-electron chi connectivity index (χ0n) is 11.6. The first-order valence-electron chi connectivity index (χ1n) is 8.38. The van der Waals surface area contributed by atoms with Crippen LogP contribution in [0.5, 0.6) is 0 Å². The van der Waals surface area contributed by atoms with E-state index < -0.39 is 0 Å². The van der Waals surface area contributed by atoms with Gasteiger partial charge in [0.05, 0.1) is 0 Å². The van der Waals surface area contributed by atoms with Gasteiger partial charge in [-0.15, -0.1) is 0 Å². The number of hydrogen-bond acceptors (Lipinski definition) is 2. The zero-order valence-corrected chi connectivity index (χ0v) is 11.6. The van der Waals surface area contributed by atoms with Crippen LogP contribution in [0.1, 0.15) is 57.8 Å². The van der Waals surface area contributed by atoms with Crippen LogP contribution in [-0.2, 0) is 0 Å². The lowest BCUT2D eigenvalue weighted by atomic mass is 9.77. The predicted molar refractivity (Wildman–Crippen MR) is 74.6 cm³/mol. The maximum atomic E-state index is 4.00. The number of likely N-dealkylation sites (tertiary alicyclic amines) is 1. The van der Waals surface area contributed by atoms with Crippen LogP contribution in [-0.4, -0.2) is 36.1 Å². The molecule has 0 spiro atoms. The summed E-state index contributed by atoms with van der Waals surface area (Å²) in [5, 5.41) is 4.00. The number of fused-ring (bicyclic) bond motifs is 3. The van der Waals surface area contributed by atoms with E-state index in [1.807, 2.05) is 0 Å². The third-order valence-corrected chi connectivity index (χ3v) is 6.22. The van der Waals surface area contributed by atoms with Gasteiger partial charge in [-0.2, -0.15) is 0 Å². The molecule has 0 radical (unpaired) electrons. The number of nitrogens with zero attached hydrogens (tertiary/aromatic N) is 1. The highest BCUT2D eigenvalue weighted by Gasteiger charge is 2.39. The topological polar surface area (TPSA) is 15.3 Å². The monoisotopic (exact) mass is 248 g/mol. The van der Waals surface area contributed by atoms with Crippen LogP contribution in [0.3, 0.4) is 0 Å². The average molecular weight is 248 g/mol. The summed E-state index contributed by atoms with van der Waals surface area (Å²) < 4.78 is 0. The Morgan fingerprint density at radius 3 is 2.72 bits per heavy atom. The van der Waals surface area contributed by atoms with Gasteiger partial charge in [0.25, 0.3) is 0 Å². The molecule has 4 rings (SSSR count). The van der Waals surface area contributed by atoms with Gasteiger partial charge >= 0.3 is 0 Å². The van der Waals surface area contributed by atoms with E-state index in [-0.39, 0.29) is 0 Å². The maximum Gasteiger partial charge on any atom is 0.0197 e. The predicted octanol–water partition coefficient (Wildman–Crippen LogP) is 2.78. The van der Waals surface area contributed by atoms with Crippen molar-refractivity contribution in [1.82, 2.24) is 10.2 Å². The summed E-state index contributed by atoms with van der Waals surface area (Å²) in [6.45, 7) is 2.77. The molecule has 1 N–H and O–H groups in total. The molecule has 18 heavy (non-hydrogen) atoms. The van der Waals surface area contributed by atoms with Gasteiger partial charge in [-0.25, -0.2) is 0 Å². The quantitative estimate of drug-likeness (QED) is 0.808. The van der Waals surface area contributed by atoms with Crippen molar-refractivity contribution < 1.29 is 0 Å². The van der Waals surface area contributed by atoms with Gasteiger partial charge in [0.15, 0.2) is 0 Å². The minimum absolute atomic E-state index is 0.809. The summed E-state index contributed by atoms with van der Waals surface area (Å²) >= 11 is 0. The molecule has 0 aromatic heterocycles. The summed E-state index contributed by atoms with van der Waals surface area (Å²) in [7, 11) is 0. The minimum Gasteiger partial charge on any atom is -0.310 e. The van der Waals surface area contributed by atoms with Gasteiger partial charge in [0.1, 0.15) is 0 Å². The van der Waals surface area contributed by atoms with E-state index in [9.17, 15) is 0 Å². The lowest BCUT2D eigenvalue weighted by Crippen LogP contribution is -2.53. The first kappa shape index (κ1) is 11.7. The van der Waals surface area contributed by atoms with E-state index in [0.29, 0.717) is 0 Å². The highest BCUT2D eigenvalue weighted by molar-refractivity contribution is 4.96. The number of rotatable bonds is 2. The number of piperidine rings is 2. The molecule has 5 unspecified atom stereocenters. The molecule has 5 atom stereocenters. The summed E-state index contributed by atoms with van der Waals surface area (Å²) in [5.41, 5.74) is 0. The maximum absolute atomic E-state index is 4.00. The summed E-state index contributed by atoms with van der Waals surface area (Å²) in [5.74, 6) is 2.08. The van der Waals surface area contributed by atoms with Crippen molar-refractivity contribution in [3.63, 3.8) is 0 Å². The Morgan fingerprint density at radius 1 is 0.944 bits per heavy atom. The largest absolute Gasteiger partial charge is 0.310 e. The highest BCUT2D eigenvalue weighted by Crippen LogP contribution is 2.38. The summed E-state index contributed by atoms with van der Waals surface area (Å²) in [6, 6.07) is 2.64. The summed E-state index contributed by atoms with van der Waals surface area (Å²) in [4.78, 5) is 2.81. The molecule has 2 heterocycles. The van der Waals surface area contributed by atoms with Gasteiger partial charge in [-0.1, -0.05) is 12.8 Å². The van der Waals surface area contributed by atoms with E-state index in [1.54, 1.807) is 0 Å². The molecule has 0 aromatic rings. The normalized spacial score (nSPS) is 48.3. The van der Waals surface area contributed by atoms with Gasteiger partial charge in [-0.3, -0.25) is 4.90 Å². The molecule has 0 amide bonds. The third kappa shape index (κ3) is 2.12. The lowest BCUT2D eigenvalue weighted by molar-refractivity contribution is 0.128. The molecule has 2 heteroatoms. The molecule has 2 bridgehead atoms. The molecule has 2 saturated carbocycles. The van der Waals surface area contributed by atoms with E-state index in [1.165, 1.54) is 70.9 Å². The molecule has 2 aliphatic carbocycles. The molecule has 2 nitrogen and oxygen atoms in total. The SMILES string of the molecule is C1CCC2NC(CN3CC4CCC3C4)CCC2C1. The molecule has 0 aromatic carbocycles. The lowest BCUT2D eigenvalue weighted by Gasteiger charge is -2.42. The molecule has 2 aliphatic heterocycles. The van der Waals surface area contributed by atoms with Crippen LogP contribution >= 0.6 is 0 Å². The van der Waals surface area contributed by atoms with Crippen LogP contribution < -0.4 is 5.32 Å². The van der Waals surface area contributed by atoms with Gasteiger partial charge in [-0.05, 0) is 56.8 Å². The molecule has 2 saturated heterocycles. The second-order valence-corrected chi connectivity index (χ2v) is 7.38. The van der Waals surface area contributed by atoms with Crippen molar-refractivity contribution >= 4 is 0 Å². The van der Waals surface area contributed by atoms with Gasteiger partial charge in [0.2, 0.25) is 0 Å². The second kappa shape index (κ2) is 4.79. The van der Waals surface area contributed by atoms with Crippen molar-refractivity contribution in [1.29, 1.82) is 0 Å². The van der Waals surface area contributed by atoms with E-state index in [2.05, 4.69) is 10.2 Å². The number of hydrogen-bond donors (Lipinski definition) is 1. The Hall–Kier alpha value is -0.0800. The fraction of sp³-hybridized carbons (Fsp3) is 1.00. The fourth-order valence-corrected chi connectivity index (χ4v) is 5.25. The fourth-order valence-electron chi connectivity index (χ4n) is 5.25. The molecule has 4 fully saturated rings. The van der Waals surface area contributed by atoms with Crippen LogP contribution in [0.2, 0.25) is 0 Å². The van der Waals surface area contributed by atoms with Crippen molar-refractivity contribution in [3.05, 3.63) is 0 Å². The first-order valence-corrected chi connectivity index (χ1v) is 8.38. The third-order valence-electron chi connectivity index (χ3n) is 6.22. The molecular weight excluding hydrogens is 220 g/mol. The molecule has 4 aliphatic rings. The standard InChI is InChI=1S/C16H28N2/c1-2-4-16-13(3-1)6-7-14(17-16)11-18-10-12-5-8-15(18)9-12/h12-17H,1-11H2. The van der Waals surface area contributed by atoms with Crippen LogP contribution in [0.15, 0.2) is 0 Å². The van der Waals surface area contributed by atoms with Crippen LogP contribution in [0, 0.1) is 11.8 Å². The molecule has 102 valence electrons. The van der Waals surface area contributed by atoms with E-state index >= 15 is 0 Å². The smallest absolute Gasteiger partial charge is 0.0197 e. The molecular formula is C16H28N2. The van der Waals surface area contributed by atoms with Gasteiger partial charge < -0.3 is 5.32 Å². The second-order valence-electron chi connectivity index (χ2n) is 7.38. The first-order chi connectivity index (χ1) is 8.88. The Bertz CT molecular complexity index is 303. The van der Waals surface area contributed by atoms with Gasteiger partial charge in [0, 0.05) is 31.2 Å². The Labute approximate surface area is 111 Å². The Kier molecular flexibility index (Phi) is 3.12. The average Bonchev–Trinajstić information content (AvgIpc) is 3.01. The van der Waals surface area contributed by atoms with E-state index in [0.717, 1.165) is 30.0 Å². The Balaban J connectivity index is 1.33. The number of nitrogens with one attached hydrogen (secondary N) is 1. The highest BCUT2D eigenvalue weighted by atomic mass is 15.2. The zero-order chi connectivity index (χ0) is 11.9. The minimum atomic E-state index is 0.809. The Morgan fingerprint density at radius 2 is 1.89 bits per heavy atom. The van der Waals surface area contributed by atoms with Crippen LogP contribution in [0.25, 0.3) is 0 Å². The van der Waals surface area contributed by atoms with Crippen molar-refractivity contribution in [3.8, 4) is 0 Å². The van der Waals surface area contributed by atoms with Crippen molar-refractivity contribution in [2.45, 2.75) is 75.9 Å². The summed E-state index contributed by atoms with van der Waals surface area (Å²) in [6.07, 6.45) is 13.4. The van der Waals surface area contributed by atoms with Crippen LogP contribution in [0.4, 0.5) is 0 Å². The van der Waals surface area contributed by atoms with Crippen molar-refractivity contribution in [2.75, 3.05) is 13.1 Å². The van der Waals surface area contributed by atoms with E-state index in [4.69, 9.17) is 0 Å². The van der Waals surface area contributed by atoms with Crippen molar-refractivity contribution in [2.24, 2.45) is 11.8 Å².